The summed E-state index contributed by atoms with van der Waals surface area (Å²) in [6, 6.07) is -1.01. The van der Waals surface area contributed by atoms with Gasteiger partial charge in [-0.15, -0.1) is 0 Å². The molecule has 0 spiro atoms. The van der Waals surface area contributed by atoms with Gasteiger partial charge in [0.25, 0.3) is 0 Å². The van der Waals surface area contributed by atoms with E-state index in [2.05, 4.69) is 43.5 Å². The summed E-state index contributed by atoms with van der Waals surface area (Å²) >= 11 is 0. The van der Waals surface area contributed by atoms with Crippen LogP contribution in [0.25, 0.3) is 0 Å². The summed E-state index contributed by atoms with van der Waals surface area (Å²) in [6.45, 7) is 4.10. The molecule has 482 valence electrons. The molecule has 6 nitrogen and oxygen atoms in total. The lowest BCUT2D eigenvalue weighted by Crippen LogP contribution is -2.53. The normalized spacial score (nSPS) is 13.5. The van der Waals surface area contributed by atoms with E-state index in [1.54, 1.807) is 0 Å². The van der Waals surface area contributed by atoms with Crippen LogP contribution >= 0.6 is 0 Å². The number of hydrogen-bond donors (Lipinski definition) is 5. The van der Waals surface area contributed by atoms with E-state index in [0.717, 1.165) is 38.5 Å². The molecule has 0 saturated heterocycles. The van der Waals surface area contributed by atoms with Gasteiger partial charge in [-0.25, -0.2) is 0 Å². The van der Waals surface area contributed by atoms with Crippen molar-refractivity contribution in [2.24, 2.45) is 0 Å². The zero-order valence-corrected chi connectivity index (χ0v) is 55.1. The molecule has 0 aromatic heterocycles. The molecule has 0 radical (unpaired) electrons. The minimum Gasteiger partial charge on any atom is -0.394 e. The minimum atomic E-state index is -1.29. The molecule has 0 aliphatic carbocycles. The summed E-state index contributed by atoms with van der Waals surface area (Å²) in [4.78, 5) is 12.7. The van der Waals surface area contributed by atoms with Gasteiger partial charge >= 0.3 is 0 Å². The van der Waals surface area contributed by atoms with Crippen LogP contribution in [-0.4, -0.2) is 57.3 Å². The van der Waals surface area contributed by atoms with E-state index in [4.69, 9.17) is 0 Å². The highest BCUT2D eigenvalue weighted by Crippen LogP contribution is 2.20. The molecule has 0 fully saturated rings. The lowest BCUT2D eigenvalue weighted by molar-refractivity contribution is -0.132. The van der Waals surface area contributed by atoms with Crippen LogP contribution in [0.4, 0.5) is 0 Å². The van der Waals surface area contributed by atoms with Crippen molar-refractivity contribution >= 4 is 5.91 Å². The van der Waals surface area contributed by atoms with Crippen molar-refractivity contribution in [2.75, 3.05) is 6.61 Å². The van der Waals surface area contributed by atoms with E-state index in [-0.39, 0.29) is 0 Å². The molecule has 0 bridgehead atoms. The van der Waals surface area contributed by atoms with Gasteiger partial charge < -0.3 is 25.7 Å². The van der Waals surface area contributed by atoms with Gasteiger partial charge in [0.1, 0.15) is 12.2 Å². The third kappa shape index (κ3) is 63.1. The van der Waals surface area contributed by atoms with Gasteiger partial charge in [-0.3, -0.25) is 4.79 Å². The van der Waals surface area contributed by atoms with E-state index in [9.17, 15) is 25.2 Å². The first kappa shape index (κ1) is 79.8. The molecule has 0 heterocycles. The Morgan fingerprint density at radius 1 is 0.296 bits per heavy atom. The maximum atomic E-state index is 12.7. The number of aliphatic hydroxyl groups excluding tert-OH is 4. The van der Waals surface area contributed by atoms with Crippen LogP contribution < -0.4 is 5.32 Å². The average Bonchev–Trinajstić information content (AvgIpc) is 3.47. The molecule has 4 atom stereocenters. The van der Waals surface area contributed by atoms with Gasteiger partial charge in [-0.1, -0.05) is 391 Å². The van der Waals surface area contributed by atoms with Crippen molar-refractivity contribution in [2.45, 2.75) is 443 Å². The van der Waals surface area contributed by atoms with Crippen molar-refractivity contribution in [3.8, 4) is 0 Å². The Morgan fingerprint density at radius 3 is 0.778 bits per heavy atom. The predicted octanol–water partition coefficient (Wildman–Crippen LogP) is 23.3. The summed E-state index contributed by atoms with van der Waals surface area (Å²) in [7, 11) is 0. The zero-order chi connectivity index (χ0) is 58.7. The molecule has 0 saturated carbocycles. The number of unbranched alkanes of at least 4 members (excludes halogenated alkanes) is 57. The number of allylic oxidation sites excluding steroid dienone is 4. The standard InChI is InChI=1S/C75H147NO5/c1-3-5-7-9-11-13-15-17-19-21-23-25-27-29-31-33-34-35-36-37-38-39-41-43-45-47-49-51-53-55-57-59-61-63-65-67-69-73(79)75(81)76-71(70-77)74(80)72(78)68-66-64-62-60-58-56-54-52-50-48-46-44-42-40-32-30-28-26-24-22-20-18-16-14-12-10-8-6-4-2/h52,54,60,62,71-74,77-80H,3-51,53,55-59,61,63-70H2,1-2H3,(H,76,81)/b54-52+,62-60+. The average molecular weight is 1140 g/mol. The predicted molar refractivity (Wildman–Crippen MR) is 358 cm³/mol. The number of carbonyl (C=O) groups excluding carboxylic acids is 1. The maximum absolute atomic E-state index is 12.7. The number of nitrogens with one attached hydrogen (secondary N) is 1. The van der Waals surface area contributed by atoms with Crippen LogP contribution in [0.3, 0.4) is 0 Å². The van der Waals surface area contributed by atoms with Gasteiger partial charge in [0.2, 0.25) is 5.91 Å². The largest absolute Gasteiger partial charge is 0.394 e. The molecule has 1 amide bonds. The summed E-state index contributed by atoms with van der Waals surface area (Å²) in [5, 5.41) is 44.2. The van der Waals surface area contributed by atoms with Crippen molar-refractivity contribution in [3.63, 3.8) is 0 Å². The third-order valence-electron chi connectivity index (χ3n) is 17.9. The Labute approximate surface area is 507 Å². The summed E-state index contributed by atoms with van der Waals surface area (Å²) in [5.74, 6) is -0.589. The second-order valence-electron chi connectivity index (χ2n) is 26.0. The van der Waals surface area contributed by atoms with Gasteiger partial charge in [-0.05, 0) is 51.4 Å². The molecule has 0 rings (SSSR count). The number of aliphatic hydroxyl groups is 4. The molecule has 81 heavy (non-hydrogen) atoms. The van der Waals surface area contributed by atoms with Gasteiger partial charge in [0.05, 0.1) is 18.8 Å². The molecule has 0 aliphatic rings. The zero-order valence-electron chi connectivity index (χ0n) is 55.1. The van der Waals surface area contributed by atoms with E-state index in [1.165, 1.54) is 347 Å². The van der Waals surface area contributed by atoms with Crippen molar-refractivity contribution in [1.82, 2.24) is 5.32 Å². The fourth-order valence-electron chi connectivity index (χ4n) is 12.1. The third-order valence-corrected chi connectivity index (χ3v) is 17.9. The first-order chi connectivity index (χ1) is 40.0. The molecular formula is C75H147NO5. The lowest BCUT2D eigenvalue weighted by atomic mass is 10.00. The second-order valence-corrected chi connectivity index (χ2v) is 26.0. The van der Waals surface area contributed by atoms with E-state index in [0.29, 0.717) is 19.3 Å². The van der Waals surface area contributed by atoms with Crippen molar-refractivity contribution < 1.29 is 25.2 Å². The Bertz CT molecular complexity index is 1240. The Hall–Kier alpha value is -1.21. The molecule has 0 aromatic carbocycles. The minimum absolute atomic E-state index is 0.365. The van der Waals surface area contributed by atoms with Crippen LogP contribution in [0.15, 0.2) is 24.3 Å². The molecule has 0 aliphatic heterocycles. The maximum Gasteiger partial charge on any atom is 0.249 e. The first-order valence-corrected chi connectivity index (χ1v) is 37.2. The Morgan fingerprint density at radius 2 is 0.519 bits per heavy atom. The molecule has 4 unspecified atom stereocenters. The Balaban J connectivity index is 3.54. The van der Waals surface area contributed by atoms with Crippen LogP contribution in [0.2, 0.25) is 0 Å². The van der Waals surface area contributed by atoms with Gasteiger partial charge in [0, 0.05) is 0 Å². The smallest absolute Gasteiger partial charge is 0.249 e. The summed E-state index contributed by atoms with van der Waals surface area (Å²) < 4.78 is 0. The van der Waals surface area contributed by atoms with Crippen LogP contribution in [0.1, 0.15) is 418 Å². The highest BCUT2D eigenvalue weighted by molar-refractivity contribution is 5.80. The van der Waals surface area contributed by atoms with Crippen LogP contribution in [0, 0.1) is 0 Å². The number of rotatable bonds is 70. The second kappa shape index (κ2) is 69.6. The number of amides is 1. The topological polar surface area (TPSA) is 110 Å². The molecule has 5 N–H and O–H groups in total. The molecule has 6 heteroatoms. The fraction of sp³-hybridized carbons (Fsp3) is 0.933. The summed E-state index contributed by atoms with van der Waals surface area (Å²) in [5.41, 5.74) is 0. The monoisotopic (exact) mass is 1140 g/mol. The van der Waals surface area contributed by atoms with Gasteiger partial charge in [0.15, 0.2) is 0 Å². The SMILES string of the molecule is CCCCCCCCCCCCCCCCCCCCCC/C=C/CC/C=C/CCCC(O)C(O)C(CO)NC(=O)C(O)CCCCCCCCCCCCCCCCCCCCCCCCCCCCCCCCCCCCCC. The van der Waals surface area contributed by atoms with Crippen LogP contribution in [0.5, 0.6) is 0 Å². The lowest BCUT2D eigenvalue weighted by Gasteiger charge is -2.27. The molecule has 0 aromatic rings. The fourth-order valence-corrected chi connectivity index (χ4v) is 12.1. The highest BCUT2D eigenvalue weighted by atomic mass is 16.3. The number of carbonyl (C=O) groups is 1. The van der Waals surface area contributed by atoms with E-state index in [1.807, 2.05) is 0 Å². The van der Waals surface area contributed by atoms with Crippen LogP contribution in [-0.2, 0) is 4.79 Å². The van der Waals surface area contributed by atoms with Crippen molar-refractivity contribution in [1.29, 1.82) is 0 Å². The first-order valence-electron chi connectivity index (χ1n) is 37.2. The van der Waals surface area contributed by atoms with E-state index < -0.39 is 36.9 Å². The molecular weight excluding hydrogens is 995 g/mol. The number of hydrogen-bond acceptors (Lipinski definition) is 5. The quantitative estimate of drug-likeness (QED) is 0.0308. The summed E-state index contributed by atoms with van der Waals surface area (Å²) in [6.07, 6.45) is 89.1. The van der Waals surface area contributed by atoms with Gasteiger partial charge in [-0.2, -0.15) is 0 Å². The van der Waals surface area contributed by atoms with Crippen molar-refractivity contribution in [3.05, 3.63) is 24.3 Å². The highest BCUT2D eigenvalue weighted by Gasteiger charge is 2.28. The Kier molecular flexibility index (Phi) is 68.5. The van der Waals surface area contributed by atoms with E-state index >= 15 is 0 Å².